The van der Waals surface area contributed by atoms with Crippen LogP contribution >= 0.6 is 19.1 Å². The number of rotatable bonds is 6. The minimum absolute atomic E-state index is 0.0508. The Labute approximate surface area is 198 Å². The number of anilines is 3. The molecular weight excluding hydrogens is 463 g/mol. The normalized spacial score (nSPS) is 16.6. The zero-order valence-corrected chi connectivity index (χ0v) is 21.0. The standard InChI is InChI=1S/C22H30ClN6O3P/c1-13(2)25-21-19-16(23)12-24-20(19)27-22(28-21)26-17-6-5-15(11-18(17)32-4)33(31)9-7-29(8-10-33)14(3)30/h5-6,11-13,31,33H,7-10H2,1-4H3,(H3,24,25,26,27,28). The van der Waals surface area contributed by atoms with Gasteiger partial charge in [0.25, 0.3) is 0 Å². The van der Waals surface area contributed by atoms with Crippen molar-refractivity contribution in [2.24, 2.45) is 0 Å². The van der Waals surface area contributed by atoms with Crippen molar-refractivity contribution in [3.8, 4) is 5.75 Å². The molecule has 0 aliphatic carbocycles. The number of benzene rings is 1. The number of hydrogen-bond acceptors (Lipinski definition) is 7. The third kappa shape index (κ3) is 4.86. The third-order valence-corrected chi connectivity index (χ3v) is 9.72. The van der Waals surface area contributed by atoms with Crippen LogP contribution in [0.5, 0.6) is 5.75 Å². The molecule has 178 valence electrons. The zero-order valence-electron chi connectivity index (χ0n) is 19.2. The van der Waals surface area contributed by atoms with Crippen LogP contribution in [0.4, 0.5) is 17.5 Å². The number of carbonyl (C=O) groups is 1. The average Bonchev–Trinajstić information content (AvgIpc) is 3.14. The molecule has 3 aromatic rings. The van der Waals surface area contributed by atoms with Gasteiger partial charge in [0.2, 0.25) is 0 Å². The van der Waals surface area contributed by atoms with Gasteiger partial charge in [0.1, 0.15) is 0 Å². The van der Waals surface area contributed by atoms with Crippen LogP contribution < -0.4 is 20.7 Å². The van der Waals surface area contributed by atoms with E-state index in [1.54, 1.807) is 25.1 Å². The van der Waals surface area contributed by atoms with Crippen LogP contribution in [0.1, 0.15) is 20.8 Å². The van der Waals surface area contributed by atoms with Crippen molar-refractivity contribution < 1.29 is 14.4 Å². The summed E-state index contributed by atoms with van der Waals surface area (Å²) in [6, 6.07) is 5.85. The van der Waals surface area contributed by atoms with Crippen molar-refractivity contribution in [1.82, 2.24) is 19.9 Å². The molecule has 0 bridgehead atoms. The molecule has 1 aliphatic rings. The van der Waals surface area contributed by atoms with E-state index >= 15 is 0 Å². The average molecular weight is 493 g/mol. The molecule has 1 aliphatic heterocycles. The molecule has 0 radical (unpaired) electrons. The summed E-state index contributed by atoms with van der Waals surface area (Å²) in [4.78, 5) is 37.0. The first-order valence-electron chi connectivity index (χ1n) is 10.9. The Morgan fingerprint density at radius 3 is 2.67 bits per heavy atom. The molecule has 0 saturated carbocycles. The predicted molar refractivity (Wildman–Crippen MR) is 136 cm³/mol. The third-order valence-electron chi connectivity index (χ3n) is 5.93. The summed E-state index contributed by atoms with van der Waals surface area (Å²) in [5.74, 6) is 1.67. The van der Waals surface area contributed by atoms with E-state index in [0.717, 1.165) is 10.7 Å². The number of hydrogen-bond donors (Lipinski definition) is 4. The second kappa shape index (κ2) is 9.33. The van der Waals surface area contributed by atoms with Crippen molar-refractivity contribution in [3.63, 3.8) is 0 Å². The first kappa shape index (κ1) is 23.5. The van der Waals surface area contributed by atoms with Gasteiger partial charge >= 0.3 is 198 Å². The Hall–Kier alpha value is -2.61. The van der Waals surface area contributed by atoms with E-state index in [-0.39, 0.29) is 11.9 Å². The van der Waals surface area contributed by atoms with Gasteiger partial charge < -0.3 is 0 Å². The van der Waals surface area contributed by atoms with Gasteiger partial charge in [-0.25, -0.2) is 0 Å². The van der Waals surface area contributed by atoms with E-state index < -0.39 is 7.49 Å². The van der Waals surface area contributed by atoms with Crippen molar-refractivity contribution in [3.05, 3.63) is 29.4 Å². The topological polar surface area (TPSA) is 115 Å². The maximum atomic E-state index is 11.6. The van der Waals surface area contributed by atoms with Crippen molar-refractivity contribution in [2.75, 3.05) is 43.2 Å². The van der Waals surface area contributed by atoms with Gasteiger partial charge in [0.15, 0.2) is 0 Å². The SMILES string of the molecule is COc1cc([PH]2(O)CCN(C(C)=O)CC2)ccc1Nc1nc(NC(C)C)c2c(Cl)c[nH]c2n1. The Morgan fingerprint density at radius 2 is 2.03 bits per heavy atom. The van der Waals surface area contributed by atoms with Crippen LogP contribution in [0.25, 0.3) is 11.0 Å². The summed E-state index contributed by atoms with van der Waals surface area (Å²) in [6.45, 7) is 6.78. The molecule has 4 N–H and O–H groups in total. The monoisotopic (exact) mass is 492 g/mol. The summed E-state index contributed by atoms with van der Waals surface area (Å²) in [5, 5.41) is 8.73. The van der Waals surface area contributed by atoms with E-state index in [1.165, 1.54) is 0 Å². The number of aromatic nitrogens is 3. The summed E-state index contributed by atoms with van der Waals surface area (Å²) in [5.41, 5.74) is 1.31. The van der Waals surface area contributed by atoms with Crippen molar-refractivity contribution in [1.29, 1.82) is 0 Å². The molecule has 3 heterocycles. The summed E-state index contributed by atoms with van der Waals surface area (Å²) >= 11 is 6.32. The number of carbonyl (C=O) groups excluding carboxylic acids is 1. The molecule has 1 aromatic carbocycles. The van der Waals surface area contributed by atoms with Crippen LogP contribution in [-0.4, -0.2) is 69.2 Å². The number of aromatic amines is 1. The number of halogens is 1. The number of nitrogens with zero attached hydrogens (tertiary/aromatic N) is 3. The molecule has 1 amide bonds. The fourth-order valence-corrected chi connectivity index (χ4v) is 7.25. The van der Waals surface area contributed by atoms with Crippen LogP contribution in [0.2, 0.25) is 5.02 Å². The molecular formula is C22H30ClN6O3P. The van der Waals surface area contributed by atoms with E-state index in [2.05, 4.69) is 25.6 Å². The molecule has 1 fully saturated rings. The molecule has 0 unspecified atom stereocenters. The first-order valence-corrected chi connectivity index (χ1v) is 13.7. The molecule has 0 atom stereocenters. The summed E-state index contributed by atoms with van der Waals surface area (Å²) in [6.07, 6.45) is 2.91. The van der Waals surface area contributed by atoms with E-state index in [1.807, 2.05) is 32.0 Å². The van der Waals surface area contributed by atoms with Crippen LogP contribution in [0.3, 0.4) is 0 Å². The van der Waals surface area contributed by atoms with E-state index in [9.17, 15) is 9.69 Å². The zero-order chi connectivity index (χ0) is 23.8. The van der Waals surface area contributed by atoms with Gasteiger partial charge in [-0.3, -0.25) is 0 Å². The molecule has 9 nitrogen and oxygen atoms in total. The number of H-pyrrole nitrogens is 1. The Morgan fingerprint density at radius 1 is 1.30 bits per heavy atom. The quantitative estimate of drug-likeness (QED) is 0.390. The predicted octanol–water partition coefficient (Wildman–Crippen LogP) is 3.33. The van der Waals surface area contributed by atoms with Crippen LogP contribution in [0, 0.1) is 0 Å². The second-order valence-electron chi connectivity index (χ2n) is 8.63. The molecule has 33 heavy (non-hydrogen) atoms. The molecule has 2 aromatic heterocycles. The van der Waals surface area contributed by atoms with Gasteiger partial charge in [0, 0.05) is 0 Å². The summed E-state index contributed by atoms with van der Waals surface area (Å²) in [7, 11) is -1.09. The first-order chi connectivity index (χ1) is 15.7. The van der Waals surface area contributed by atoms with Crippen molar-refractivity contribution in [2.45, 2.75) is 26.8 Å². The number of fused-ring (bicyclic) bond motifs is 1. The van der Waals surface area contributed by atoms with Crippen molar-refractivity contribution >= 4 is 58.8 Å². The minimum atomic E-state index is -2.69. The van der Waals surface area contributed by atoms with Gasteiger partial charge in [-0.05, 0) is 0 Å². The maximum absolute atomic E-state index is 11.6. The number of nitrogens with one attached hydrogen (secondary N) is 3. The second-order valence-corrected chi connectivity index (χ2v) is 12.7. The molecule has 0 spiro atoms. The van der Waals surface area contributed by atoms with Gasteiger partial charge in [-0.1, -0.05) is 0 Å². The Balaban J connectivity index is 1.62. The molecule has 1 saturated heterocycles. The number of methoxy groups -OCH3 is 1. The van der Waals surface area contributed by atoms with Gasteiger partial charge in [-0.15, -0.1) is 0 Å². The van der Waals surface area contributed by atoms with E-state index in [4.69, 9.17) is 16.3 Å². The number of ether oxygens (including phenoxy) is 1. The number of amides is 1. The molecule has 4 rings (SSSR count). The van der Waals surface area contributed by atoms with Gasteiger partial charge in [0.05, 0.1) is 0 Å². The Kier molecular flexibility index (Phi) is 6.66. The molecule has 11 heteroatoms. The fourth-order valence-electron chi connectivity index (χ4n) is 4.11. The Bertz CT molecular complexity index is 1180. The van der Waals surface area contributed by atoms with Crippen LogP contribution in [0.15, 0.2) is 24.4 Å². The fraction of sp³-hybridized carbons (Fsp3) is 0.409. The van der Waals surface area contributed by atoms with Gasteiger partial charge in [-0.2, -0.15) is 0 Å². The van der Waals surface area contributed by atoms with E-state index in [0.29, 0.717) is 59.3 Å². The summed E-state index contributed by atoms with van der Waals surface area (Å²) < 4.78 is 5.62. The van der Waals surface area contributed by atoms with Crippen LogP contribution in [-0.2, 0) is 4.79 Å².